The molecule has 2 aromatic rings. The second-order valence-electron chi connectivity index (χ2n) is 5.48. The van der Waals surface area contributed by atoms with Crippen LogP contribution in [0.5, 0.6) is 0 Å². The maximum Gasteiger partial charge on any atom is 0.249 e. The first-order chi connectivity index (χ1) is 11.4. The fraction of sp³-hybridized carbons (Fsp3) is 0.375. The molecule has 0 radical (unpaired) electrons. The predicted octanol–water partition coefficient (Wildman–Crippen LogP) is 3.46. The van der Waals surface area contributed by atoms with E-state index in [0.29, 0.717) is 10.1 Å². The summed E-state index contributed by atoms with van der Waals surface area (Å²) in [6.45, 7) is 5.30. The third kappa shape index (κ3) is 4.85. The maximum atomic E-state index is 12.5. The summed E-state index contributed by atoms with van der Waals surface area (Å²) in [5.74, 6) is -0.495. The number of rotatable bonds is 6. The van der Waals surface area contributed by atoms with Gasteiger partial charge in [-0.15, -0.1) is 10.2 Å². The second kappa shape index (κ2) is 8.34. The van der Waals surface area contributed by atoms with Crippen LogP contribution in [0.4, 0.5) is 5.13 Å². The van der Waals surface area contributed by atoms with Crippen molar-refractivity contribution in [2.75, 3.05) is 5.32 Å². The van der Waals surface area contributed by atoms with Crippen LogP contribution in [0.2, 0.25) is 0 Å². The van der Waals surface area contributed by atoms with Crippen molar-refractivity contribution in [1.29, 1.82) is 0 Å². The van der Waals surface area contributed by atoms with Crippen LogP contribution in [0.25, 0.3) is 10.6 Å². The van der Waals surface area contributed by atoms with Crippen molar-refractivity contribution in [2.45, 2.75) is 33.2 Å². The minimum atomic E-state index is -0.592. The lowest BCUT2D eigenvalue weighted by atomic mass is 9.98. The number of hydrogen-bond donors (Lipinski definition) is 2. The molecule has 2 atom stereocenters. The monoisotopic (exact) mass is 410 g/mol. The third-order valence-electron chi connectivity index (χ3n) is 3.58. The van der Waals surface area contributed by atoms with Crippen molar-refractivity contribution >= 4 is 44.2 Å². The number of carbonyl (C=O) groups is 2. The van der Waals surface area contributed by atoms with Gasteiger partial charge in [0.25, 0.3) is 0 Å². The van der Waals surface area contributed by atoms with Gasteiger partial charge in [-0.2, -0.15) is 0 Å². The first kappa shape index (κ1) is 18.5. The molecule has 1 aromatic carbocycles. The maximum absolute atomic E-state index is 12.5. The minimum absolute atomic E-state index is 0.0198. The normalized spacial score (nSPS) is 13.2. The topological polar surface area (TPSA) is 84.0 Å². The fourth-order valence-corrected chi connectivity index (χ4v) is 3.26. The Hall–Kier alpha value is -1.80. The summed E-state index contributed by atoms with van der Waals surface area (Å²) in [6.07, 6.45) is 0.776. The van der Waals surface area contributed by atoms with Gasteiger partial charge >= 0.3 is 0 Å². The second-order valence-corrected chi connectivity index (χ2v) is 7.37. The van der Waals surface area contributed by atoms with Crippen LogP contribution in [-0.4, -0.2) is 28.1 Å². The molecule has 0 aliphatic carbocycles. The molecule has 2 rings (SSSR count). The van der Waals surface area contributed by atoms with Crippen LogP contribution in [0.3, 0.4) is 0 Å². The van der Waals surface area contributed by atoms with Crippen molar-refractivity contribution in [3.8, 4) is 10.6 Å². The van der Waals surface area contributed by atoms with E-state index in [0.717, 1.165) is 16.5 Å². The molecule has 1 aromatic heterocycles. The number of aromatic nitrogens is 2. The summed E-state index contributed by atoms with van der Waals surface area (Å²) >= 11 is 4.71. The molecule has 6 nitrogen and oxygen atoms in total. The van der Waals surface area contributed by atoms with Gasteiger partial charge in [-0.25, -0.2) is 0 Å². The molecule has 0 saturated heterocycles. The van der Waals surface area contributed by atoms with Crippen molar-refractivity contribution in [1.82, 2.24) is 15.5 Å². The number of anilines is 1. The Morgan fingerprint density at radius 1 is 1.33 bits per heavy atom. The average Bonchev–Trinajstić information content (AvgIpc) is 3.00. The van der Waals surface area contributed by atoms with E-state index in [9.17, 15) is 9.59 Å². The van der Waals surface area contributed by atoms with Gasteiger partial charge in [0.05, 0.1) is 0 Å². The molecule has 0 saturated carbocycles. The highest BCUT2D eigenvalue weighted by Gasteiger charge is 2.25. The summed E-state index contributed by atoms with van der Waals surface area (Å²) in [6, 6.07) is 7.11. The molecule has 0 unspecified atom stereocenters. The zero-order valence-electron chi connectivity index (χ0n) is 13.7. The van der Waals surface area contributed by atoms with Gasteiger partial charge in [0.2, 0.25) is 16.9 Å². The summed E-state index contributed by atoms with van der Waals surface area (Å²) < 4.78 is 0.947. The number of nitrogens with zero attached hydrogens (tertiary/aromatic N) is 2. The molecule has 0 fully saturated rings. The molecule has 1 heterocycles. The largest absolute Gasteiger partial charge is 0.344 e. The van der Waals surface area contributed by atoms with Gasteiger partial charge in [0.15, 0.2) is 0 Å². The Kier molecular flexibility index (Phi) is 6.44. The van der Waals surface area contributed by atoms with Gasteiger partial charge in [0.1, 0.15) is 11.0 Å². The van der Waals surface area contributed by atoms with Crippen molar-refractivity contribution in [3.05, 3.63) is 28.7 Å². The highest BCUT2D eigenvalue weighted by molar-refractivity contribution is 9.10. The summed E-state index contributed by atoms with van der Waals surface area (Å²) in [7, 11) is 0. The average molecular weight is 411 g/mol. The Balaban J connectivity index is 2.12. The van der Waals surface area contributed by atoms with Crippen molar-refractivity contribution in [2.24, 2.45) is 5.92 Å². The van der Waals surface area contributed by atoms with Gasteiger partial charge in [-0.05, 0) is 18.1 Å². The van der Waals surface area contributed by atoms with Crippen LogP contribution in [0.15, 0.2) is 28.7 Å². The van der Waals surface area contributed by atoms with Gasteiger partial charge < -0.3 is 5.32 Å². The lowest BCUT2D eigenvalue weighted by Crippen LogP contribution is -2.46. The molecule has 0 bridgehead atoms. The van der Waals surface area contributed by atoms with E-state index < -0.39 is 6.04 Å². The standard InChI is InChI=1S/C16H19BrN4O2S/c1-4-9(2)13(18-10(3)22)14(23)19-16-21-20-15(24-16)11-6-5-7-12(17)8-11/h5-9,13H,4H2,1-3H3,(H,18,22)(H,19,21,23)/t9-,13+/m1/s1. The molecule has 0 spiro atoms. The molecule has 2 amide bonds. The Morgan fingerprint density at radius 3 is 2.71 bits per heavy atom. The van der Waals surface area contributed by atoms with Crippen LogP contribution in [0, 0.1) is 5.92 Å². The number of halogens is 1. The van der Waals surface area contributed by atoms with E-state index in [4.69, 9.17) is 0 Å². The van der Waals surface area contributed by atoms with E-state index in [1.807, 2.05) is 38.1 Å². The van der Waals surface area contributed by atoms with E-state index in [2.05, 4.69) is 36.8 Å². The Labute approximate surface area is 153 Å². The fourth-order valence-electron chi connectivity index (χ4n) is 2.12. The summed E-state index contributed by atoms with van der Waals surface area (Å²) in [5, 5.41) is 14.7. The van der Waals surface area contributed by atoms with Crippen LogP contribution >= 0.6 is 27.3 Å². The molecule has 128 valence electrons. The van der Waals surface area contributed by atoms with E-state index >= 15 is 0 Å². The number of carbonyl (C=O) groups excluding carboxylic acids is 2. The molecular formula is C16H19BrN4O2S. The zero-order valence-corrected chi connectivity index (χ0v) is 16.1. The van der Waals surface area contributed by atoms with Gasteiger partial charge in [-0.1, -0.05) is 59.7 Å². The molecule has 24 heavy (non-hydrogen) atoms. The number of nitrogens with one attached hydrogen (secondary N) is 2. The van der Waals surface area contributed by atoms with Crippen LogP contribution < -0.4 is 10.6 Å². The van der Waals surface area contributed by atoms with Gasteiger partial charge in [0, 0.05) is 17.0 Å². The third-order valence-corrected chi connectivity index (χ3v) is 4.96. The lowest BCUT2D eigenvalue weighted by Gasteiger charge is -2.22. The summed E-state index contributed by atoms with van der Waals surface area (Å²) in [5.41, 5.74) is 0.919. The molecule has 8 heteroatoms. The Morgan fingerprint density at radius 2 is 2.08 bits per heavy atom. The highest BCUT2D eigenvalue weighted by atomic mass is 79.9. The summed E-state index contributed by atoms with van der Waals surface area (Å²) in [4.78, 5) is 23.8. The quantitative estimate of drug-likeness (QED) is 0.763. The van der Waals surface area contributed by atoms with Crippen molar-refractivity contribution in [3.63, 3.8) is 0 Å². The Bertz CT molecular complexity index is 734. The van der Waals surface area contributed by atoms with Gasteiger partial charge in [-0.3, -0.25) is 14.9 Å². The lowest BCUT2D eigenvalue weighted by molar-refractivity contribution is -0.126. The van der Waals surface area contributed by atoms with Crippen LogP contribution in [0.1, 0.15) is 27.2 Å². The van der Waals surface area contributed by atoms with E-state index in [1.54, 1.807) is 0 Å². The van der Waals surface area contributed by atoms with Crippen LogP contribution in [-0.2, 0) is 9.59 Å². The van der Waals surface area contributed by atoms with Crippen molar-refractivity contribution < 1.29 is 9.59 Å². The van der Waals surface area contributed by atoms with E-state index in [-0.39, 0.29) is 17.7 Å². The number of benzene rings is 1. The molecule has 2 N–H and O–H groups in total. The number of amides is 2. The molecule has 0 aliphatic heterocycles. The first-order valence-corrected chi connectivity index (χ1v) is 9.19. The minimum Gasteiger partial charge on any atom is -0.344 e. The number of hydrogen-bond acceptors (Lipinski definition) is 5. The first-order valence-electron chi connectivity index (χ1n) is 7.58. The highest BCUT2D eigenvalue weighted by Crippen LogP contribution is 2.28. The molecule has 0 aliphatic rings. The zero-order chi connectivity index (χ0) is 17.7. The smallest absolute Gasteiger partial charge is 0.249 e. The molecular weight excluding hydrogens is 392 g/mol. The predicted molar refractivity (Wildman–Crippen MR) is 98.7 cm³/mol. The van der Waals surface area contributed by atoms with E-state index in [1.165, 1.54) is 18.3 Å². The SMILES string of the molecule is CC[C@@H](C)[C@H](NC(C)=O)C(=O)Nc1nnc(-c2cccc(Br)c2)s1.